The molecule has 0 N–H and O–H groups in total. The minimum absolute atomic E-state index is 0.977. The van der Waals surface area contributed by atoms with Gasteiger partial charge in [0, 0.05) is 0 Å². The third-order valence-electron chi connectivity index (χ3n) is 0.129. The molecule has 0 aliphatic rings. The van der Waals surface area contributed by atoms with E-state index >= 15 is 0 Å². The lowest BCUT2D eigenvalue weighted by molar-refractivity contribution is 1.58. The minimum Gasteiger partial charge on any atom is -0.179 e. The van der Waals surface area contributed by atoms with E-state index in [-0.39, 0.29) is 0 Å². The molecule has 1 unspecified atom stereocenters. The smallest absolute Gasteiger partial charge is 0.00632 e. The summed E-state index contributed by atoms with van der Waals surface area (Å²) in [5.41, 5.74) is 0. The Morgan fingerprint density at radius 1 is 1.75 bits per heavy atom. The summed E-state index contributed by atoms with van der Waals surface area (Å²) in [4.78, 5) is 0. The zero-order valence-electron chi connectivity index (χ0n) is 2.44. The van der Waals surface area contributed by atoms with Crippen molar-refractivity contribution in [3.05, 3.63) is 0 Å². The Kier molecular flexibility index (Phi) is 4.52. The molecule has 0 aromatic carbocycles. The summed E-state index contributed by atoms with van der Waals surface area (Å²) in [6.45, 7) is 0. The molecule has 0 saturated carbocycles. The first-order chi connectivity index (χ1) is 1.91. The molecule has 0 saturated heterocycles. The van der Waals surface area contributed by atoms with Crippen LogP contribution in [0.5, 0.6) is 0 Å². The van der Waals surface area contributed by atoms with Crippen LogP contribution in [0.4, 0.5) is 0 Å². The molecule has 0 aliphatic carbocycles. The van der Waals surface area contributed by atoms with Crippen LogP contribution in [-0.4, -0.2) is 11.9 Å². The predicted molar refractivity (Wildman–Crippen MR) is 28.4 cm³/mol. The van der Waals surface area contributed by atoms with Crippen molar-refractivity contribution in [2.45, 2.75) is 0 Å². The third kappa shape index (κ3) is 2.78. The standard InChI is InChI=1S/C2H7PS/c3-1-2-4/h4H,1-3H2. The third-order valence-corrected chi connectivity index (χ3v) is 1.16. The molecule has 0 amide bonds. The number of rotatable bonds is 1. The quantitative estimate of drug-likeness (QED) is 0.360. The Bertz CT molecular complexity index is 8.00. The van der Waals surface area contributed by atoms with E-state index in [2.05, 4.69) is 21.9 Å². The maximum absolute atomic E-state index is 3.90. The van der Waals surface area contributed by atoms with Crippen LogP contribution < -0.4 is 0 Å². The van der Waals surface area contributed by atoms with Gasteiger partial charge in [-0.2, -0.15) is 12.6 Å². The minimum atomic E-state index is 0.977. The molecule has 0 nitrogen and oxygen atoms in total. The molecule has 0 bridgehead atoms. The molecule has 2 heteroatoms. The van der Waals surface area contributed by atoms with Crippen LogP contribution >= 0.6 is 21.9 Å². The van der Waals surface area contributed by atoms with Crippen LogP contribution in [0.25, 0.3) is 0 Å². The number of hydrogen-bond donors (Lipinski definition) is 1. The maximum atomic E-state index is 3.90. The second-order valence-corrected chi connectivity index (χ2v) is 1.54. The van der Waals surface area contributed by atoms with Gasteiger partial charge in [-0.15, -0.1) is 9.24 Å². The Balaban J connectivity index is 1.97. The molecule has 0 rings (SSSR count). The summed E-state index contributed by atoms with van der Waals surface area (Å²) >= 11 is 3.90. The van der Waals surface area contributed by atoms with Crippen molar-refractivity contribution in [3.8, 4) is 0 Å². The maximum Gasteiger partial charge on any atom is -0.00632 e. The monoisotopic (exact) mass is 94.0 g/mol. The normalized spacial score (nSPS) is 7.50. The van der Waals surface area contributed by atoms with Gasteiger partial charge < -0.3 is 0 Å². The van der Waals surface area contributed by atoms with Gasteiger partial charge in [0.15, 0.2) is 0 Å². The summed E-state index contributed by atoms with van der Waals surface area (Å²) in [5.74, 6) is 0.977. The lowest BCUT2D eigenvalue weighted by atomic mass is 11.0. The summed E-state index contributed by atoms with van der Waals surface area (Å²) in [7, 11) is 2.58. The molecule has 4 heavy (non-hydrogen) atoms. The van der Waals surface area contributed by atoms with Gasteiger partial charge in [0.2, 0.25) is 0 Å². The van der Waals surface area contributed by atoms with Gasteiger partial charge in [-0.25, -0.2) is 0 Å². The van der Waals surface area contributed by atoms with Gasteiger partial charge in [-0.1, -0.05) is 0 Å². The molecule has 0 radical (unpaired) electrons. The van der Waals surface area contributed by atoms with Crippen LogP contribution in [-0.2, 0) is 0 Å². The second-order valence-electron chi connectivity index (χ2n) is 0.512. The van der Waals surface area contributed by atoms with Crippen LogP contribution in [0, 0.1) is 0 Å². The average Bonchev–Trinajstić information content (AvgIpc) is 1.37. The van der Waals surface area contributed by atoms with Crippen molar-refractivity contribution in [3.63, 3.8) is 0 Å². The highest BCUT2D eigenvalue weighted by Crippen LogP contribution is 1.79. The van der Waals surface area contributed by atoms with Gasteiger partial charge in [-0.05, 0) is 11.9 Å². The Morgan fingerprint density at radius 2 is 2.00 bits per heavy atom. The van der Waals surface area contributed by atoms with E-state index < -0.39 is 0 Å². The summed E-state index contributed by atoms with van der Waals surface area (Å²) in [5, 5.41) is 0. The van der Waals surface area contributed by atoms with Crippen molar-refractivity contribution in [2.75, 3.05) is 11.9 Å². The molecule has 0 heterocycles. The fourth-order valence-corrected chi connectivity index (χ4v) is 0. The van der Waals surface area contributed by atoms with Crippen molar-refractivity contribution in [2.24, 2.45) is 0 Å². The van der Waals surface area contributed by atoms with E-state index in [0.29, 0.717) is 0 Å². The Morgan fingerprint density at radius 3 is 2.00 bits per heavy atom. The molecular formula is C2H7PS. The average molecular weight is 94.1 g/mol. The van der Waals surface area contributed by atoms with Crippen LogP contribution in [0.15, 0.2) is 0 Å². The van der Waals surface area contributed by atoms with E-state index in [4.69, 9.17) is 0 Å². The van der Waals surface area contributed by atoms with E-state index in [9.17, 15) is 0 Å². The second kappa shape index (κ2) is 3.78. The zero-order valence-corrected chi connectivity index (χ0v) is 4.49. The molecule has 26 valence electrons. The first-order valence-corrected chi connectivity index (χ1v) is 2.67. The highest BCUT2D eigenvalue weighted by molar-refractivity contribution is 7.80. The van der Waals surface area contributed by atoms with Gasteiger partial charge >= 0.3 is 0 Å². The molecule has 0 fully saturated rings. The lowest BCUT2D eigenvalue weighted by Crippen LogP contribution is -1.62. The van der Waals surface area contributed by atoms with Crippen molar-refractivity contribution in [1.29, 1.82) is 0 Å². The van der Waals surface area contributed by atoms with Crippen molar-refractivity contribution < 1.29 is 0 Å². The molecule has 0 aromatic heterocycles. The van der Waals surface area contributed by atoms with Crippen LogP contribution in [0.1, 0.15) is 0 Å². The first-order valence-electron chi connectivity index (χ1n) is 1.22. The first kappa shape index (κ1) is 4.78. The Labute approximate surface area is 34.6 Å². The number of hydrogen-bond acceptors (Lipinski definition) is 1. The van der Waals surface area contributed by atoms with Crippen LogP contribution in [0.3, 0.4) is 0 Å². The van der Waals surface area contributed by atoms with Crippen molar-refractivity contribution >= 4 is 21.9 Å². The number of thiol groups is 1. The highest BCUT2D eigenvalue weighted by atomic mass is 32.1. The SMILES string of the molecule is PCCS. The summed E-state index contributed by atoms with van der Waals surface area (Å²) < 4.78 is 0. The van der Waals surface area contributed by atoms with E-state index in [0.717, 1.165) is 11.9 Å². The van der Waals surface area contributed by atoms with Gasteiger partial charge in [-0.3, -0.25) is 0 Å². The Hall–Kier alpha value is 0.780. The predicted octanol–water partition coefficient (Wildman–Crippen LogP) is 0.791. The van der Waals surface area contributed by atoms with E-state index in [1.165, 1.54) is 0 Å². The molecular weight excluding hydrogens is 87.1 g/mol. The highest BCUT2D eigenvalue weighted by Gasteiger charge is 1.56. The van der Waals surface area contributed by atoms with Crippen LogP contribution in [0.2, 0.25) is 0 Å². The molecule has 0 aromatic rings. The zero-order chi connectivity index (χ0) is 3.41. The fourth-order valence-electron chi connectivity index (χ4n) is 0. The molecule has 0 aliphatic heterocycles. The van der Waals surface area contributed by atoms with Gasteiger partial charge in [0.25, 0.3) is 0 Å². The van der Waals surface area contributed by atoms with Gasteiger partial charge in [0.05, 0.1) is 0 Å². The largest absolute Gasteiger partial charge is 0.179 e. The van der Waals surface area contributed by atoms with Gasteiger partial charge in [0.1, 0.15) is 0 Å². The summed E-state index contributed by atoms with van der Waals surface area (Å²) in [6.07, 6.45) is 1.10. The lowest BCUT2D eigenvalue weighted by Gasteiger charge is -1.68. The fraction of sp³-hybridized carbons (Fsp3) is 1.00. The molecule has 0 spiro atoms. The molecule has 1 atom stereocenters. The topological polar surface area (TPSA) is 0 Å². The van der Waals surface area contributed by atoms with E-state index in [1.807, 2.05) is 0 Å². The van der Waals surface area contributed by atoms with Crippen molar-refractivity contribution in [1.82, 2.24) is 0 Å². The summed E-state index contributed by atoms with van der Waals surface area (Å²) in [6, 6.07) is 0. The van der Waals surface area contributed by atoms with E-state index in [1.54, 1.807) is 0 Å².